The quantitative estimate of drug-likeness (QED) is 0.308. The van der Waals surface area contributed by atoms with Gasteiger partial charge in [0.05, 0.1) is 0 Å². The second-order valence-electron chi connectivity index (χ2n) is 0.894. The van der Waals surface area contributed by atoms with E-state index in [1.54, 1.807) is 0 Å². The van der Waals surface area contributed by atoms with Crippen LogP contribution in [-0.4, -0.2) is 47.5 Å². The van der Waals surface area contributed by atoms with Crippen molar-refractivity contribution in [2.75, 3.05) is 0 Å². The van der Waals surface area contributed by atoms with Crippen molar-refractivity contribution in [3.05, 3.63) is 0 Å². The minimum Gasteiger partial charge on any atom is -0.822 e. The predicted octanol–water partition coefficient (Wildman–Crippen LogP) is -9.41. The average Bonchev–Trinajstić information content (AvgIpc) is 1.12. The Labute approximate surface area is 119 Å². The van der Waals surface area contributed by atoms with Crippen LogP contribution < -0.4 is 48.2 Å². The normalized spacial score (nSPS) is 9.08. The molecule has 0 amide bonds. The summed E-state index contributed by atoms with van der Waals surface area (Å²) >= 11 is 0. The molecule has 0 N–H and O–H groups in total. The van der Waals surface area contributed by atoms with Crippen LogP contribution in [-0.2, 0) is 9.13 Å². The fourth-order valence-corrected chi connectivity index (χ4v) is 0. The molecule has 0 spiro atoms. The maximum atomic E-state index is 8.55. The van der Waals surface area contributed by atoms with E-state index in [0.29, 0.717) is 0 Å². The Morgan fingerprint density at radius 3 is 0.692 bits per heavy atom. The largest absolute Gasteiger partial charge is 3.00 e. The van der Waals surface area contributed by atoms with E-state index in [2.05, 4.69) is 0 Å². The third kappa shape index (κ3) is 384. The Morgan fingerprint density at radius 2 is 0.692 bits per heavy atom. The van der Waals surface area contributed by atoms with Crippen LogP contribution in [0.3, 0.4) is 0 Å². The van der Waals surface area contributed by atoms with Crippen LogP contribution in [0.25, 0.3) is 0 Å². The monoisotopic (exact) mass is 342 g/mol. The van der Waals surface area contributed by atoms with Gasteiger partial charge in [-0.1, -0.05) is 0 Å². The van der Waals surface area contributed by atoms with Crippen molar-refractivity contribution >= 4 is 63.1 Å². The molecular formula is LiMgO8P2Sb. The molecule has 0 aromatic carbocycles. The molecule has 0 aliphatic carbocycles. The summed E-state index contributed by atoms with van der Waals surface area (Å²) < 4.78 is 17.1. The molecule has 13 heteroatoms. The van der Waals surface area contributed by atoms with E-state index in [-0.39, 0.29) is 66.3 Å². The average molecular weight is 343 g/mol. The number of phosphoric acid groups is 2. The zero-order valence-electron chi connectivity index (χ0n) is 6.31. The van der Waals surface area contributed by atoms with E-state index < -0.39 is 15.6 Å². The van der Waals surface area contributed by atoms with Gasteiger partial charge in [-0.3, -0.25) is 0 Å². The molecule has 8 nitrogen and oxygen atoms in total. The summed E-state index contributed by atoms with van der Waals surface area (Å²) in [5.41, 5.74) is 0. The molecule has 0 bridgehead atoms. The molecule has 0 aliphatic rings. The first-order chi connectivity index (χ1) is 4.00. The Morgan fingerprint density at radius 1 is 0.692 bits per heavy atom. The van der Waals surface area contributed by atoms with Gasteiger partial charge in [0, 0.05) is 0 Å². The van der Waals surface area contributed by atoms with Crippen molar-refractivity contribution in [1.82, 2.24) is 0 Å². The molecule has 0 aromatic heterocycles. The Kier molecular flexibility index (Phi) is 28.3. The van der Waals surface area contributed by atoms with Crippen LogP contribution in [0.4, 0.5) is 0 Å². The number of hydrogen-bond donors (Lipinski definition) is 0. The van der Waals surface area contributed by atoms with Crippen molar-refractivity contribution in [1.29, 1.82) is 0 Å². The van der Waals surface area contributed by atoms with E-state index in [1.807, 2.05) is 0 Å². The molecule has 0 aliphatic heterocycles. The van der Waals surface area contributed by atoms with Gasteiger partial charge < -0.3 is 38.5 Å². The van der Waals surface area contributed by atoms with Gasteiger partial charge in [0.25, 0.3) is 0 Å². The molecule has 0 unspecified atom stereocenters. The van der Waals surface area contributed by atoms with Crippen molar-refractivity contribution in [2.45, 2.75) is 0 Å². The standard InChI is InChI=1S/Li.Mg.2H3O4P.Sb/c;;2*1-5(2,3)4;/h;;2*(H3,1,2,3,4);/q+1;+2;;;+3/p-6. The first kappa shape index (κ1) is 29.5. The van der Waals surface area contributed by atoms with Gasteiger partial charge in [0.15, 0.2) is 0 Å². The number of rotatable bonds is 0. The van der Waals surface area contributed by atoms with E-state index in [1.165, 1.54) is 0 Å². The van der Waals surface area contributed by atoms with Gasteiger partial charge in [-0.25, -0.2) is 0 Å². The van der Waals surface area contributed by atoms with E-state index >= 15 is 0 Å². The molecule has 0 saturated heterocycles. The van der Waals surface area contributed by atoms with Gasteiger partial charge in [-0.2, -0.15) is 15.6 Å². The van der Waals surface area contributed by atoms with Gasteiger partial charge in [-0.15, -0.1) is 0 Å². The molecule has 0 aromatic rings. The molecule has 2 radical (unpaired) electrons. The smallest absolute Gasteiger partial charge is 0.822 e. The first-order valence-electron chi connectivity index (χ1n) is 1.46. The molecule has 0 saturated carbocycles. The Bertz CT molecular complexity index is 134. The second kappa shape index (κ2) is 12.5. The number of hydrogen-bond acceptors (Lipinski definition) is 8. The molecule has 0 rings (SSSR count). The third-order valence-corrected chi connectivity index (χ3v) is 0. The Balaban J connectivity index is -0.0000000267. The van der Waals surface area contributed by atoms with Crippen LogP contribution in [0.2, 0.25) is 0 Å². The zero-order chi connectivity index (χ0) is 9.00. The summed E-state index contributed by atoms with van der Waals surface area (Å²) in [4.78, 5) is 51.3. The maximum absolute atomic E-state index is 8.55. The molecular weight excluding hydrogens is 343 g/mol. The van der Waals surface area contributed by atoms with E-state index in [4.69, 9.17) is 38.5 Å². The van der Waals surface area contributed by atoms with Crippen molar-refractivity contribution < 1.29 is 57.4 Å². The van der Waals surface area contributed by atoms with Crippen LogP contribution in [0.15, 0.2) is 0 Å². The van der Waals surface area contributed by atoms with Crippen LogP contribution in [0, 0.1) is 0 Å². The van der Waals surface area contributed by atoms with Gasteiger partial charge in [-0.05, 0) is 0 Å². The maximum Gasteiger partial charge on any atom is 3.00 e. The fraction of sp³-hybridized carbons (Fsp3) is 0. The Hall–Kier alpha value is 2.40. The summed E-state index contributed by atoms with van der Waals surface area (Å²) in [7, 11) is -10.8. The van der Waals surface area contributed by atoms with E-state index in [9.17, 15) is 0 Å². The second-order valence-corrected chi connectivity index (χ2v) is 2.68. The van der Waals surface area contributed by atoms with Crippen LogP contribution in [0.1, 0.15) is 0 Å². The van der Waals surface area contributed by atoms with E-state index in [0.717, 1.165) is 0 Å². The summed E-state index contributed by atoms with van der Waals surface area (Å²) in [5.74, 6) is 0. The summed E-state index contributed by atoms with van der Waals surface area (Å²) in [6.45, 7) is 0. The molecule has 0 heterocycles. The van der Waals surface area contributed by atoms with Gasteiger partial charge in [0.1, 0.15) is 0 Å². The van der Waals surface area contributed by atoms with Crippen molar-refractivity contribution in [3.63, 3.8) is 0 Å². The summed E-state index contributed by atoms with van der Waals surface area (Å²) in [5, 5.41) is 0. The summed E-state index contributed by atoms with van der Waals surface area (Å²) in [6, 6.07) is 0. The van der Waals surface area contributed by atoms with Gasteiger partial charge >= 0.3 is 66.3 Å². The third-order valence-electron chi connectivity index (χ3n) is 0. The van der Waals surface area contributed by atoms with Crippen LogP contribution >= 0.6 is 15.6 Å². The minimum absolute atomic E-state index is 0. The molecule has 0 atom stereocenters. The van der Waals surface area contributed by atoms with Gasteiger partial charge in [0.2, 0.25) is 0 Å². The molecule has 66 valence electrons. The van der Waals surface area contributed by atoms with Crippen LogP contribution in [0.5, 0.6) is 0 Å². The predicted molar refractivity (Wildman–Crippen MR) is 26.7 cm³/mol. The first-order valence-corrected chi connectivity index (χ1v) is 4.38. The van der Waals surface area contributed by atoms with Crippen molar-refractivity contribution in [2.24, 2.45) is 0 Å². The van der Waals surface area contributed by atoms with Crippen molar-refractivity contribution in [3.8, 4) is 0 Å². The molecule has 0 fully saturated rings. The summed E-state index contributed by atoms with van der Waals surface area (Å²) in [6.07, 6.45) is 0. The fourth-order valence-electron chi connectivity index (χ4n) is 0. The minimum atomic E-state index is -5.39. The SMILES string of the molecule is O=P([O-])([O-])[O-].O=P([O-])([O-])[O-].[Li+].[Mg+2].[Sb+3]. The molecule has 13 heavy (non-hydrogen) atoms. The topological polar surface area (TPSA) is 172 Å². The zero-order valence-corrected chi connectivity index (χ0v) is 12.1.